The van der Waals surface area contributed by atoms with Gasteiger partial charge >= 0.3 is 11.9 Å². The van der Waals surface area contributed by atoms with Crippen molar-refractivity contribution in [1.82, 2.24) is 9.80 Å². The molecule has 1 unspecified atom stereocenters. The van der Waals surface area contributed by atoms with E-state index in [1.165, 1.54) is 64.2 Å². The predicted octanol–water partition coefficient (Wildman–Crippen LogP) is 11.2. The minimum Gasteiger partial charge on any atom is -0.456 e. The Balaban J connectivity index is 2.31. The quantitative estimate of drug-likeness (QED) is 0.0381. The van der Waals surface area contributed by atoms with E-state index in [0.717, 1.165) is 77.0 Å². The number of carbonyl (C=O) groups excluding carboxylic acids is 3. The number of unbranched alkanes of at least 4 members (excludes halogenated alkanes) is 16. The third kappa shape index (κ3) is 27.9. The van der Waals surface area contributed by atoms with Gasteiger partial charge < -0.3 is 19.3 Å². The fourth-order valence-electron chi connectivity index (χ4n) is 6.27. The van der Waals surface area contributed by atoms with Crippen molar-refractivity contribution in [3.05, 3.63) is 48.6 Å². The molecule has 1 fully saturated rings. The average molecular weight is 727 g/mol. The Labute approximate surface area is 319 Å². The molecule has 0 aliphatic carbocycles. The first kappa shape index (κ1) is 47.4. The summed E-state index contributed by atoms with van der Waals surface area (Å²) in [5.41, 5.74) is 0. The summed E-state index contributed by atoms with van der Waals surface area (Å²) in [6.45, 7) is 5.67. The van der Waals surface area contributed by atoms with E-state index >= 15 is 0 Å². The topological polar surface area (TPSA) is 76.2 Å². The van der Waals surface area contributed by atoms with E-state index in [9.17, 15) is 14.4 Å². The molecule has 2 atom stereocenters. The molecule has 0 aromatic rings. The van der Waals surface area contributed by atoms with Crippen molar-refractivity contribution in [3.8, 4) is 0 Å². The highest BCUT2D eigenvalue weighted by Crippen LogP contribution is 2.21. The highest BCUT2D eigenvalue weighted by Gasteiger charge is 2.40. The molecule has 1 aliphatic rings. The van der Waals surface area contributed by atoms with Crippen molar-refractivity contribution in [1.29, 1.82) is 0 Å². The second-order valence-corrected chi connectivity index (χ2v) is 14.9. The van der Waals surface area contributed by atoms with Gasteiger partial charge in [0.2, 0.25) is 5.91 Å². The molecule has 7 heteroatoms. The maximum atomic E-state index is 12.9. The number of amides is 1. The lowest BCUT2D eigenvalue weighted by Crippen LogP contribution is -2.33. The summed E-state index contributed by atoms with van der Waals surface area (Å²) in [4.78, 5) is 42.1. The van der Waals surface area contributed by atoms with Crippen molar-refractivity contribution >= 4 is 17.8 Å². The summed E-state index contributed by atoms with van der Waals surface area (Å²) < 4.78 is 11.7. The van der Waals surface area contributed by atoms with Crippen LogP contribution in [0.3, 0.4) is 0 Å². The van der Waals surface area contributed by atoms with Crippen LogP contribution in [-0.4, -0.2) is 73.6 Å². The van der Waals surface area contributed by atoms with E-state index in [0.29, 0.717) is 25.8 Å². The standard InChI is InChI=1S/C45H78N2O5/c1-5-7-9-11-13-15-17-19-21-23-25-27-29-31-33-35-44(49)51-41-39-47(43(48)37-38-46(3)4)40-42(41)52-45(50)36-34-32-30-28-26-24-22-20-18-16-14-12-10-8-6-2/h13-16,19-22,41-42H,5-12,17-18,23-40H2,1-4H3/t41-,42?/m1/s1. The lowest BCUT2D eigenvalue weighted by Gasteiger charge is -2.19. The van der Waals surface area contributed by atoms with Crippen molar-refractivity contribution in [3.63, 3.8) is 0 Å². The molecule has 0 spiro atoms. The van der Waals surface area contributed by atoms with Crippen molar-refractivity contribution in [2.75, 3.05) is 33.7 Å². The number of hydrogen-bond acceptors (Lipinski definition) is 6. The van der Waals surface area contributed by atoms with Crippen LogP contribution in [0.4, 0.5) is 0 Å². The first-order chi connectivity index (χ1) is 25.4. The molecule has 7 nitrogen and oxygen atoms in total. The van der Waals surface area contributed by atoms with Crippen LogP contribution in [0.1, 0.15) is 174 Å². The summed E-state index contributed by atoms with van der Waals surface area (Å²) in [7, 11) is 3.87. The first-order valence-corrected chi connectivity index (χ1v) is 21.3. The van der Waals surface area contributed by atoms with Gasteiger partial charge in [-0.3, -0.25) is 14.4 Å². The number of nitrogens with zero attached hydrogens (tertiary/aromatic N) is 2. The van der Waals surface area contributed by atoms with Gasteiger partial charge in [-0.25, -0.2) is 0 Å². The maximum Gasteiger partial charge on any atom is 0.306 e. The summed E-state index contributed by atoms with van der Waals surface area (Å²) in [5.74, 6) is -0.545. The summed E-state index contributed by atoms with van der Waals surface area (Å²) in [6, 6.07) is 0. The second kappa shape index (κ2) is 34.1. The van der Waals surface area contributed by atoms with E-state index < -0.39 is 12.2 Å². The highest BCUT2D eigenvalue weighted by atomic mass is 16.6. The van der Waals surface area contributed by atoms with Gasteiger partial charge in [-0.2, -0.15) is 0 Å². The number of rotatable bonds is 33. The van der Waals surface area contributed by atoms with Gasteiger partial charge in [0.15, 0.2) is 12.2 Å². The lowest BCUT2D eigenvalue weighted by molar-refractivity contribution is -0.164. The van der Waals surface area contributed by atoms with Gasteiger partial charge in [-0.1, -0.05) is 127 Å². The Hall–Kier alpha value is -2.67. The van der Waals surface area contributed by atoms with Gasteiger partial charge in [0.25, 0.3) is 0 Å². The Kier molecular flexibility index (Phi) is 31.1. The normalized spacial score (nSPS) is 16.4. The molecule has 1 saturated heterocycles. The molecule has 0 N–H and O–H groups in total. The molecule has 298 valence electrons. The van der Waals surface area contributed by atoms with E-state index in [1.54, 1.807) is 4.90 Å². The fourth-order valence-corrected chi connectivity index (χ4v) is 6.27. The molecular weight excluding hydrogens is 649 g/mol. The van der Waals surface area contributed by atoms with E-state index in [2.05, 4.69) is 62.5 Å². The third-order valence-electron chi connectivity index (χ3n) is 9.57. The van der Waals surface area contributed by atoms with Crippen molar-refractivity contribution in [2.24, 2.45) is 0 Å². The van der Waals surface area contributed by atoms with Crippen molar-refractivity contribution < 1.29 is 23.9 Å². The van der Waals surface area contributed by atoms with Crippen LogP contribution < -0.4 is 0 Å². The largest absolute Gasteiger partial charge is 0.456 e. The molecule has 0 radical (unpaired) electrons. The molecule has 1 rings (SSSR count). The highest BCUT2D eigenvalue weighted by molar-refractivity contribution is 5.77. The zero-order valence-electron chi connectivity index (χ0n) is 34.0. The Morgan fingerprint density at radius 1 is 0.519 bits per heavy atom. The second-order valence-electron chi connectivity index (χ2n) is 14.9. The maximum absolute atomic E-state index is 12.9. The number of allylic oxidation sites excluding steroid dienone is 8. The minimum absolute atomic E-state index is 0.00395. The first-order valence-electron chi connectivity index (χ1n) is 21.3. The number of esters is 2. The number of ether oxygens (including phenoxy) is 2. The van der Waals surface area contributed by atoms with Gasteiger partial charge in [-0.15, -0.1) is 0 Å². The molecule has 0 aromatic carbocycles. The van der Waals surface area contributed by atoms with Gasteiger partial charge in [0, 0.05) is 25.8 Å². The van der Waals surface area contributed by atoms with Crippen molar-refractivity contribution in [2.45, 2.75) is 187 Å². The molecule has 1 heterocycles. The Morgan fingerprint density at radius 3 is 1.27 bits per heavy atom. The van der Waals surface area contributed by atoms with Crippen LogP contribution in [0.5, 0.6) is 0 Å². The third-order valence-corrected chi connectivity index (χ3v) is 9.57. The number of hydrogen-bond donors (Lipinski definition) is 0. The predicted molar refractivity (Wildman–Crippen MR) is 218 cm³/mol. The van der Waals surface area contributed by atoms with Crippen LogP contribution in [0.25, 0.3) is 0 Å². The molecule has 0 bridgehead atoms. The molecular formula is C45H78N2O5. The summed E-state index contributed by atoms with van der Waals surface area (Å²) in [5, 5.41) is 0. The smallest absolute Gasteiger partial charge is 0.306 e. The summed E-state index contributed by atoms with van der Waals surface area (Å²) in [6.07, 6.45) is 42.9. The van der Waals surface area contributed by atoms with Gasteiger partial charge in [0.1, 0.15) is 0 Å². The number of carbonyl (C=O) groups is 3. The summed E-state index contributed by atoms with van der Waals surface area (Å²) >= 11 is 0. The van der Waals surface area contributed by atoms with Crippen LogP contribution in [-0.2, 0) is 23.9 Å². The van der Waals surface area contributed by atoms with Crippen LogP contribution >= 0.6 is 0 Å². The van der Waals surface area contributed by atoms with Crippen LogP contribution in [0.2, 0.25) is 0 Å². The lowest BCUT2D eigenvalue weighted by atomic mass is 10.1. The van der Waals surface area contributed by atoms with Crippen LogP contribution in [0.15, 0.2) is 48.6 Å². The van der Waals surface area contributed by atoms with E-state index in [-0.39, 0.29) is 30.9 Å². The van der Waals surface area contributed by atoms with Crippen LogP contribution in [0, 0.1) is 0 Å². The molecule has 0 saturated carbocycles. The SMILES string of the molecule is CCCCCC=CCC=CCCCCCCCC(=O)OC1CN(C(=O)CCN(C)C)C[C@H]1OC(=O)CCCCCCCC=CCC=CCCCCC. The van der Waals surface area contributed by atoms with E-state index in [4.69, 9.17) is 9.47 Å². The molecule has 1 aliphatic heterocycles. The zero-order valence-corrected chi connectivity index (χ0v) is 34.0. The molecule has 52 heavy (non-hydrogen) atoms. The average Bonchev–Trinajstić information content (AvgIpc) is 3.51. The number of likely N-dealkylation sites (tertiary alicyclic amines) is 1. The zero-order chi connectivity index (χ0) is 37.9. The molecule has 1 amide bonds. The Bertz CT molecular complexity index is 949. The van der Waals surface area contributed by atoms with Gasteiger partial charge in [0.05, 0.1) is 13.1 Å². The monoisotopic (exact) mass is 727 g/mol. The minimum atomic E-state index is -0.609. The Morgan fingerprint density at radius 2 is 0.885 bits per heavy atom. The molecule has 0 aromatic heterocycles. The fraction of sp³-hybridized carbons (Fsp3) is 0.756. The van der Waals surface area contributed by atoms with E-state index in [1.807, 2.05) is 19.0 Å². The van der Waals surface area contributed by atoms with Gasteiger partial charge in [-0.05, 0) is 91.1 Å².